The van der Waals surface area contributed by atoms with E-state index in [1.54, 1.807) is 0 Å². The molecule has 2 N–H and O–H groups in total. The van der Waals surface area contributed by atoms with Gasteiger partial charge in [0.1, 0.15) is 0 Å². The fraction of sp³-hybridized carbons (Fsp3) is 0.647. The first-order valence-electron chi connectivity index (χ1n) is 8.20. The Balaban J connectivity index is 1.32. The summed E-state index contributed by atoms with van der Waals surface area (Å²) in [5.74, 6) is 0. The predicted molar refractivity (Wildman–Crippen MR) is 85.5 cm³/mol. The lowest BCUT2D eigenvalue weighted by Gasteiger charge is -2.24. The summed E-state index contributed by atoms with van der Waals surface area (Å²) in [6, 6.07) is 9.55. The molecule has 1 fully saturated rings. The van der Waals surface area contributed by atoms with Gasteiger partial charge in [0.05, 0.1) is 0 Å². The van der Waals surface area contributed by atoms with Gasteiger partial charge < -0.3 is 15.5 Å². The van der Waals surface area contributed by atoms with E-state index in [2.05, 4.69) is 39.8 Å². The van der Waals surface area contributed by atoms with Crippen LogP contribution in [0.5, 0.6) is 0 Å². The van der Waals surface area contributed by atoms with Crippen LogP contribution in [-0.2, 0) is 6.42 Å². The van der Waals surface area contributed by atoms with Crippen LogP contribution >= 0.6 is 0 Å². The van der Waals surface area contributed by atoms with Crippen molar-refractivity contribution in [2.75, 3.05) is 37.6 Å². The summed E-state index contributed by atoms with van der Waals surface area (Å²) in [6.45, 7) is 5.86. The summed E-state index contributed by atoms with van der Waals surface area (Å²) in [5, 5.41) is 7.21. The van der Waals surface area contributed by atoms with Gasteiger partial charge in [0.15, 0.2) is 0 Å². The maximum atomic E-state index is 3.61. The van der Waals surface area contributed by atoms with Crippen molar-refractivity contribution in [2.24, 2.45) is 0 Å². The molecule has 1 atom stereocenters. The molecule has 3 heteroatoms. The van der Waals surface area contributed by atoms with Crippen molar-refractivity contribution < 1.29 is 0 Å². The lowest BCUT2D eigenvalue weighted by molar-refractivity contribution is 0.383. The minimum absolute atomic E-state index is 0.705. The molecule has 2 aliphatic heterocycles. The van der Waals surface area contributed by atoms with Crippen LogP contribution in [-0.4, -0.2) is 38.8 Å². The van der Waals surface area contributed by atoms with Crippen molar-refractivity contribution in [2.45, 2.75) is 38.1 Å². The lowest BCUT2D eigenvalue weighted by Crippen LogP contribution is -2.42. The molecule has 0 aliphatic carbocycles. The Bertz CT molecular complexity index is 412. The molecule has 2 aliphatic rings. The number of piperidine rings is 1. The van der Waals surface area contributed by atoms with E-state index in [0.717, 1.165) is 13.1 Å². The van der Waals surface area contributed by atoms with Crippen molar-refractivity contribution in [3.8, 4) is 0 Å². The summed E-state index contributed by atoms with van der Waals surface area (Å²) < 4.78 is 0. The first-order valence-corrected chi connectivity index (χ1v) is 8.20. The van der Waals surface area contributed by atoms with Crippen molar-refractivity contribution in [3.63, 3.8) is 0 Å². The van der Waals surface area contributed by atoms with E-state index < -0.39 is 0 Å². The van der Waals surface area contributed by atoms with E-state index in [0.29, 0.717) is 6.04 Å². The predicted octanol–water partition coefficient (Wildman–Crippen LogP) is 2.17. The fourth-order valence-corrected chi connectivity index (χ4v) is 3.41. The van der Waals surface area contributed by atoms with Gasteiger partial charge >= 0.3 is 0 Å². The van der Waals surface area contributed by atoms with Gasteiger partial charge in [-0.2, -0.15) is 0 Å². The molecule has 0 aromatic heterocycles. The van der Waals surface area contributed by atoms with E-state index in [1.807, 2.05) is 0 Å². The zero-order valence-electron chi connectivity index (χ0n) is 12.4. The molecule has 3 rings (SSSR count). The summed E-state index contributed by atoms with van der Waals surface area (Å²) in [7, 11) is 0. The zero-order chi connectivity index (χ0) is 13.6. The van der Waals surface area contributed by atoms with E-state index in [9.17, 15) is 0 Å². The van der Waals surface area contributed by atoms with Gasteiger partial charge in [-0.05, 0) is 50.4 Å². The third-order valence-corrected chi connectivity index (χ3v) is 4.57. The number of anilines is 1. The van der Waals surface area contributed by atoms with Gasteiger partial charge in [-0.15, -0.1) is 0 Å². The Labute approximate surface area is 122 Å². The summed E-state index contributed by atoms with van der Waals surface area (Å²) >= 11 is 0. The number of fused-ring (bicyclic) bond motifs is 1. The Kier molecular flexibility index (Phi) is 4.93. The van der Waals surface area contributed by atoms with E-state index in [4.69, 9.17) is 0 Å². The quantitative estimate of drug-likeness (QED) is 0.778. The Morgan fingerprint density at radius 2 is 2.20 bits per heavy atom. The summed E-state index contributed by atoms with van der Waals surface area (Å²) in [5.41, 5.74) is 2.98. The highest BCUT2D eigenvalue weighted by Crippen LogP contribution is 2.27. The molecule has 3 nitrogen and oxygen atoms in total. The van der Waals surface area contributed by atoms with Gasteiger partial charge in [0.25, 0.3) is 0 Å². The molecule has 0 spiro atoms. The van der Waals surface area contributed by atoms with Gasteiger partial charge in [-0.1, -0.05) is 24.6 Å². The zero-order valence-corrected chi connectivity index (χ0v) is 12.4. The number of benzene rings is 1. The third kappa shape index (κ3) is 3.53. The van der Waals surface area contributed by atoms with E-state index in [-0.39, 0.29) is 0 Å². The van der Waals surface area contributed by atoms with Crippen LogP contribution in [0.2, 0.25) is 0 Å². The van der Waals surface area contributed by atoms with E-state index in [1.165, 1.54) is 63.0 Å². The topological polar surface area (TPSA) is 27.3 Å². The summed E-state index contributed by atoms with van der Waals surface area (Å²) in [6.07, 6.45) is 6.54. The molecule has 0 amide bonds. The molecule has 1 unspecified atom stereocenters. The molecule has 0 saturated carbocycles. The third-order valence-electron chi connectivity index (χ3n) is 4.57. The smallest absolute Gasteiger partial charge is 0.0399 e. The van der Waals surface area contributed by atoms with Gasteiger partial charge in [0, 0.05) is 31.4 Å². The number of nitrogens with one attached hydrogen (secondary N) is 2. The number of hydrogen-bond donors (Lipinski definition) is 2. The maximum Gasteiger partial charge on any atom is 0.0399 e. The molecule has 1 aromatic rings. The van der Waals surface area contributed by atoms with Crippen molar-refractivity contribution in [1.82, 2.24) is 10.6 Å². The molecular weight excluding hydrogens is 246 g/mol. The van der Waals surface area contributed by atoms with Crippen molar-refractivity contribution >= 4 is 5.69 Å². The maximum absolute atomic E-state index is 3.61. The monoisotopic (exact) mass is 273 g/mol. The van der Waals surface area contributed by atoms with Gasteiger partial charge in [-0.25, -0.2) is 0 Å². The van der Waals surface area contributed by atoms with E-state index >= 15 is 0 Å². The first kappa shape index (κ1) is 13.9. The lowest BCUT2D eigenvalue weighted by atomic mass is 10.1. The van der Waals surface area contributed by atoms with Crippen LogP contribution in [0.3, 0.4) is 0 Å². The van der Waals surface area contributed by atoms with Gasteiger partial charge in [-0.3, -0.25) is 0 Å². The molecule has 110 valence electrons. The Morgan fingerprint density at radius 3 is 3.10 bits per heavy atom. The number of hydrogen-bond acceptors (Lipinski definition) is 3. The molecule has 2 heterocycles. The first-order chi connectivity index (χ1) is 9.93. The second kappa shape index (κ2) is 7.09. The van der Waals surface area contributed by atoms with Crippen LogP contribution in [0.4, 0.5) is 5.69 Å². The minimum atomic E-state index is 0.705. The molecule has 0 radical (unpaired) electrons. The molecule has 1 saturated heterocycles. The molecule has 0 bridgehead atoms. The molecule has 1 aromatic carbocycles. The highest BCUT2D eigenvalue weighted by atomic mass is 15.1. The highest BCUT2D eigenvalue weighted by molar-refractivity contribution is 5.57. The van der Waals surface area contributed by atoms with Crippen LogP contribution < -0.4 is 15.5 Å². The largest absolute Gasteiger partial charge is 0.371 e. The normalized spacial score (nSPS) is 22.0. The van der Waals surface area contributed by atoms with Gasteiger partial charge in [0.2, 0.25) is 0 Å². The second-order valence-corrected chi connectivity index (χ2v) is 6.07. The van der Waals surface area contributed by atoms with Crippen LogP contribution in [0.25, 0.3) is 0 Å². The molecular formula is C17H27N3. The Hall–Kier alpha value is -1.06. The van der Waals surface area contributed by atoms with Crippen LogP contribution in [0, 0.1) is 0 Å². The number of nitrogens with zero attached hydrogens (tertiary/aromatic N) is 1. The SMILES string of the molecule is c1ccc2c(c1)CCN2CCCNCC1CCCCN1. The minimum Gasteiger partial charge on any atom is -0.371 e. The Morgan fingerprint density at radius 1 is 1.25 bits per heavy atom. The average molecular weight is 273 g/mol. The number of para-hydroxylation sites is 1. The summed E-state index contributed by atoms with van der Waals surface area (Å²) in [4.78, 5) is 2.54. The standard InChI is InChI=1S/C17H27N3/c1-2-8-17-15(6-1)9-13-20(17)12-5-10-18-14-16-7-3-4-11-19-16/h1-2,6,8,16,18-19H,3-5,7,9-14H2. The second-order valence-electron chi connectivity index (χ2n) is 6.07. The van der Waals surface area contributed by atoms with Crippen LogP contribution in [0.15, 0.2) is 24.3 Å². The van der Waals surface area contributed by atoms with Crippen LogP contribution in [0.1, 0.15) is 31.2 Å². The van der Waals surface area contributed by atoms with Crippen molar-refractivity contribution in [3.05, 3.63) is 29.8 Å². The average Bonchev–Trinajstić information content (AvgIpc) is 2.91. The van der Waals surface area contributed by atoms with Crippen molar-refractivity contribution in [1.29, 1.82) is 0 Å². The highest BCUT2D eigenvalue weighted by Gasteiger charge is 2.17. The molecule has 20 heavy (non-hydrogen) atoms. The number of rotatable bonds is 6. The fourth-order valence-electron chi connectivity index (χ4n) is 3.41.